The van der Waals surface area contributed by atoms with E-state index in [2.05, 4.69) is 15.4 Å². The summed E-state index contributed by atoms with van der Waals surface area (Å²) >= 11 is 11.2. The number of hydrogen-bond acceptors (Lipinski definition) is 6. The van der Waals surface area contributed by atoms with Crippen molar-refractivity contribution >= 4 is 66.0 Å². The van der Waals surface area contributed by atoms with Crippen molar-refractivity contribution in [3.8, 4) is 0 Å². The molecule has 1 aliphatic heterocycles. The number of anilines is 3. The molecule has 0 saturated carbocycles. The third-order valence-electron chi connectivity index (χ3n) is 5.22. The maximum absolute atomic E-state index is 12.7. The van der Waals surface area contributed by atoms with Gasteiger partial charge in [-0.25, -0.2) is 16.8 Å². The Morgan fingerprint density at radius 1 is 0.806 bits per heavy atom. The fourth-order valence-electron chi connectivity index (χ4n) is 3.42. The van der Waals surface area contributed by atoms with Crippen LogP contribution >= 0.6 is 23.8 Å². The van der Waals surface area contributed by atoms with E-state index in [0.29, 0.717) is 48.4 Å². The third-order valence-corrected chi connectivity index (χ3v) is 8.97. The Balaban J connectivity index is 1.35. The molecule has 1 heterocycles. The molecule has 0 spiro atoms. The first-order valence-corrected chi connectivity index (χ1v) is 14.5. The molecule has 0 bridgehead atoms. The Morgan fingerprint density at radius 3 is 1.92 bits per heavy atom. The Labute approximate surface area is 220 Å². The van der Waals surface area contributed by atoms with Gasteiger partial charge in [0.25, 0.3) is 10.0 Å². The predicted molar refractivity (Wildman–Crippen MR) is 145 cm³/mol. The number of sulfonamides is 2. The van der Waals surface area contributed by atoms with Crippen LogP contribution in [0.4, 0.5) is 17.1 Å². The van der Waals surface area contributed by atoms with E-state index in [1.807, 2.05) is 0 Å². The number of thiocarbonyl (C=S) groups is 1. The number of halogens is 1. The van der Waals surface area contributed by atoms with Gasteiger partial charge in [-0.15, -0.1) is 0 Å². The molecule has 3 N–H and O–H groups in total. The summed E-state index contributed by atoms with van der Waals surface area (Å²) in [5.74, 6) is 0. The molecule has 190 valence electrons. The van der Waals surface area contributed by atoms with E-state index >= 15 is 0 Å². The van der Waals surface area contributed by atoms with E-state index in [1.54, 1.807) is 42.5 Å². The van der Waals surface area contributed by atoms with Crippen LogP contribution in [0.25, 0.3) is 0 Å². The van der Waals surface area contributed by atoms with Gasteiger partial charge in [-0.05, 0) is 78.9 Å². The van der Waals surface area contributed by atoms with Crippen molar-refractivity contribution in [3.05, 3.63) is 77.8 Å². The number of morpholine rings is 1. The number of benzene rings is 3. The average Bonchev–Trinajstić information content (AvgIpc) is 2.85. The molecule has 0 atom stereocenters. The molecule has 0 amide bonds. The first kappa shape index (κ1) is 26.3. The second-order valence-corrected chi connectivity index (χ2v) is 12.2. The molecule has 0 aliphatic carbocycles. The Kier molecular flexibility index (Phi) is 8.13. The number of nitrogens with zero attached hydrogens (tertiary/aromatic N) is 1. The average molecular weight is 567 g/mol. The van der Waals surface area contributed by atoms with Crippen LogP contribution in [0.1, 0.15) is 0 Å². The standard InChI is InChI=1S/C23H23ClN4O5S3/c24-17-2-1-3-20(16-17)27-35(29,30)21-8-4-18(5-9-21)25-23(34)26-19-6-10-22(11-7-19)36(31,32)28-12-14-33-15-13-28/h1-11,16,27H,12-15H2,(H2,25,26,34). The maximum Gasteiger partial charge on any atom is 0.261 e. The minimum atomic E-state index is -3.79. The van der Waals surface area contributed by atoms with E-state index in [-0.39, 0.29) is 14.9 Å². The minimum Gasteiger partial charge on any atom is -0.379 e. The highest BCUT2D eigenvalue weighted by molar-refractivity contribution is 7.92. The Hall–Kier alpha value is -2.74. The van der Waals surface area contributed by atoms with E-state index in [0.717, 1.165) is 0 Å². The first-order chi connectivity index (χ1) is 17.1. The van der Waals surface area contributed by atoms with Gasteiger partial charge in [0.05, 0.1) is 28.7 Å². The number of hydrogen-bond donors (Lipinski definition) is 3. The summed E-state index contributed by atoms with van der Waals surface area (Å²) in [5.41, 5.74) is 1.53. The number of nitrogens with one attached hydrogen (secondary N) is 3. The van der Waals surface area contributed by atoms with Crippen LogP contribution in [0.2, 0.25) is 5.02 Å². The maximum atomic E-state index is 12.7. The largest absolute Gasteiger partial charge is 0.379 e. The van der Waals surface area contributed by atoms with Crippen LogP contribution in [0.5, 0.6) is 0 Å². The van der Waals surface area contributed by atoms with Crippen LogP contribution in [0, 0.1) is 0 Å². The molecular weight excluding hydrogens is 544 g/mol. The van der Waals surface area contributed by atoms with Crippen LogP contribution in [0.15, 0.2) is 82.6 Å². The van der Waals surface area contributed by atoms with E-state index in [9.17, 15) is 16.8 Å². The van der Waals surface area contributed by atoms with Crippen LogP contribution in [-0.2, 0) is 24.8 Å². The number of ether oxygens (including phenoxy) is 1. The highest BCUT2D eigenvalue weighted by Gasteiger charge is 2.26. The summed E-state index contributed by atoms with van der Waals surface area (Å²) in [4.78, 5) is 0.265. The lowest BCUT2D eigenvalue weighted by Crippen LogP contribution is -2.40. The lowest BCUT2D eigenvalue weighted by atomic mass is 10.3. The minimum absolute atomic E-state index is 0.0731. The molecule has 0 unspecified atom stereocenters. The summed E-state index contributed by atoms with van der Waals surface area (Å²) < 4.78 is 59.8. The summed E-state index contributed by atoms with van der Waals surface area (Å²) in [6, 6.07) is 18.8. The zero-order valence-corrected chi connectivity index (χ0v) is 22.1. The fraction of sp³-hybridized carbons (Fsp3) is 0.174. The summed E-state index contributed by atoms with van der Waals surface area (Å²) in [7, 11) is -7.37. The van der Waals surface area contributed by atoms with Crippen molar-refractivity contribution in [1.29, 1.82) is 0 Å². The van der Waals surface area contributed by atoms with Crippen molar-refractivity contribution in [2.24, 2.45) is 0 Å². The monoisotopic (exact) mass is 566 g/mol. The SMILES string of the molecule is O=S(=O)(Nc1cccc(Cl)c1)c1ccc(NC(=S)Nc2ccc(S(=O)(=O)N3CCOCC3)cc2)cc1. The fourth-order valence-corrected chi connectivity index (χ4v) is 6.31. The topological polar surface area (TPSA) is 117 Å². The summed E-state index contributed by atoms with van der Waals surface area (Å²) in [6.07, 6.45) is 0. The smallest absolute Gasteiger partial charge is 0.261 e. The van der Waals surface area contributed by atoms with E-state index in [4.69, 9.17) is 28.6 Å². The van der Waals surface area contributed by atoms with Gasteiger partial charge in [-0.2, -0.15) is 4.31 Å². The van der Waals surface area contributed by atoms with Gasteiger partial charge in [0.15, 0.2) is 5.11 Å². The van der Waals surface area contributed by atoms with Gasteiger partial charge in [0, 0.05) is 29.5 Å². The second-order valence-electron chi connectivity index (χ2n) is 7.76. The van der Waals surface area contributed by atoms with Gasteiger partial charge in [0.1, 0.15) is 0 Å². The van der Waals surface area contributed by atoms with Crippen molar-refractivity contribution in [3.63, 3.8) is 0 Å². The van der Waals surface area contributed by atoms with Gasteiger partial charge < -0.3 is 15.4 Å². The molecule has 1 aliphatic rings. The third kappa shape index (κ3) is 6.52. The molecular formula is C23H23ClN4O5S3. The van der Waals surface area contributed by atoms with Crippen molar-refractivity contribution < 1.29 is 21.6 Å². The highest BCUT2D eigenvalue weighted by Crippen LogP contribution is 2.22. The van der Waals surface area contributed by atoms with E-state index < -0.39 is 20.0 Å². The molecule has 36 heavy (non-hydrogen) atoms. The molecule has 0 aromatic heterocycles. The molecule has 1 saturated heterocycles. The predicted octanol–water partition coefficient (Wildman–Crippen LogP) is 3.97. The quantitative estimate of drug-likeness (QED) is 0.368. The van der Waals surface area contributed by atoms with Crippen molar-refractivity contribution in [2.75, 3.05) is 41.7 Å². The van der Waals surface area contributed by atoms with Crippen LogP contribution in [0.3, 0.4) is 0 Å². The molecule has 0 radical (unpaired) electrons. The van der Waals surface area contributed by atoms with Crippen molar-refractivity contribution in [2.45, 2.75) is 9.79 Å². The molecule has 4 rings (SSSR count). The zero-order valence-electron chi connectivity index (χ0n) is 18.8. The van der Waals surface area contributed by atoms with Crippen LogP contribution < -0.4 is 15.4 Å². The molecule has 13 heteroatoms. The summed E-state index contributed by atoms with van der Waals surface area (Å²) in [6.45, 7) is 1.41. The van der Waals surface area contributed by atoms with Crippen LogP contribution in [-0.4, -0.2) is 52.6 Å². The van der Waals surface area contributed by atoms with Gasteiger partial charge in [-0.1, -0.05) is 17.7 Å². The highest BCUT2D eigenvalue weighted by atomic mass is 35.5. The van der Waals surface area contributed by atoms with E-state index in [1.165, 1.54) is 34.6 Å². The lowest BCUT2D eigenvalue weighted by Gasteiger charge is -2.26. The van der Waals surface area contributed by atoms with Crippen molar-refractivity contribution in [1.82, 2.24) is 4.31 Å². The molecule has 9 nitrogen and oxygen atoms in total. The molecule has 3 aromatic rings. The Morgan fingerprint density at radius 2 is 1.36 bits per heavy atom. The van der Waals surface area contributed by atoms with Gasteiger partial charge in [0.2, 0.25) is 10.0 Å². The van der Waals surface area contributed by atoms with Gasteiger partial charge in [-0.3, -0.25) is 4.72 Å². The van der Waals surface area contributed by atoms with Gasteiger partial charge >= 0.3 is 0 Å². The zero-order chi connectivity index (χ0) is 25.8. The first-order valence-electron chi connectivity index (χ1n) is 10.8. The second kappa shape index (κ2) is 11.1. The Bertz CT molecular complexity index is 1440. The summed E-state index contributed by atoms with van der Waals surface area (Å²) in [5, 5.41) is 6.63. The number of rotatable bonds is 7. The normalized spacial score (nSPS) is 14.7. The molecule has 1 fully saturated rings. The lowest BCUT2D eigenvalue weighted by molar-refractivity contribution is 0.0730. The molecule has 3 aromatic carbocycles.